The molecule has 0 aliphatic carbocycles. The molecule has 136 valence electrons. The van der Waals surface area contributed by atoms with Gasteiger partial charge in [-0.3, -0.25) is 4.79 Å². The van der Waals surface area contributed by atoms with Crippen molar-refractivity contribution in [3.8, 4) is 0 Å². The summed E-state index contributed by atoms with van der Waals surface area (Å²) in [6.45, 7) is 4.99. The average Bonchev–Trinajstić information content (AvgIpc) is 3.28. The monoisotopic (exact) mass is 369 g/mol. The Morgan fingerprint density at radius 1 is 1.19 bits per heavy atom. The number of fused-ring (bicyclic) bond motifs is 3. The molecule has 0 amide bonds. The number of carbonyl (C=O) groups excluding carboxylic acids is 1. The van der Waals surface area contributed by atoms with Gasteiger partial charge in [0.05, 0.1) is 11.0 Å². The van der Waals surface area contributed by atoms with E-state index in [0.29, 0.717) is 11.4 Å². The predicted molar refractivity (Wildman–Crippen MR) is 108 cm³/mol. The number of aryl methyl sites for hydroxylation is 2. The molecule has 3 aromatic rings. The van der Waals surface area contributed by atoms with Crippen LogP contribution in [0.1, 0.15) is 29.5 Å². The molecule has 26 heavy (non-hydrogen) atoms. The van der Waals surface area contributed by atoms with Gasteiger partial charge in [0.15, 0.2) is 0 Å². The van der Waals surface area contributed by atoms with Crippen molar-refractivity contribution in [2.24, 2.45) is 0 Å². The lowest BCUT2D eigenvalue weighted by Crippen LogP contribution is -2.24. The highest BCUT2D eigenvalue weighted by Crippen LogP contribution is 2.21. The summed E-state index contributed by atoms with van der Waals surface area (Å²) in [4.78, 5) is 17.2. The Balaban J connectivity index is 0.000000152. The molecule has 2 aromatic carbocycles. The normalized spacial score (nSPS) is 12.4. The van der Waals surface area contributed by atoms with Crippen LogP contribution in [0, 0.1) is 0 Å². The number of rotatable bonds is 5. The van der Waals surface area contributed by atoms with E-state index in [-0.39, 0.29) is 0 Å². The number of benzene rings is 2. The van der Waals surface area contributed by atoms with Crippen molar-refractivity contribution < 1.29 is 4.79 Å². The van der Waals surface area contributed by atoms with Gasteiger partial charge in [0, 0.05) is 43.2 Å². The number of hydrogen-bond acceptors (Lipinski definition) is 3. The highest BCUT2D eigenvalue weighted by atomic mass is 35.5. The van der Waals surface area contributed by atoms with Gasteiger partial charge in [0.1, 0.15) is 12.1 Å². The van der Waals surface area contributed by atoms with Crippen molar-refractivity contribution in [2.45, 2.75) is 26.3 Å². The van der Waals surface area contributed by atoms with Crippen LogP contribution in [0.5, 0.6) is 0 Å². The Hall–Kier alpha value is -2.33. The summed E-state index contributed by atoms with van der Waals surface area (Å²) in [5.74, 6) is 1.87. The molecule has 2 heterocycles. The highest BCUT2D eigenvalue weighted by molar-refractivity contribution is 6.18. The topological polar surface area (TPSA) is 38.1 Å². The molecular formula is C21H24ClN3O. The van der Waals surface area contributed by atoms with Crippen LogP contribution >= 0.6 is 11.6 Å². The molecule has 1 aliphatic rings. The first-order chi connectivity index (χ1) is 12.8. The first kappa shape index (κ1) is 18.5. The third-order valence-corrected chi connectivity index (χ3v) is 4.82. The fraction of sp³-hybridized carbons (Fsp3) is 0.333. The third kappa shape index (κ3) is 4.07. The summed E-state index contributed by atoms with van der Waals surface area (Å²) in [6.07, 6.45) is 3.25. The Labute approximate surface area is 159 Å². The molecular weight excluding hydrogens is 346 g/mol. The minimum absolute atomic E-state index is 0.614. The van der Waals surface area contributed by atoms with E-state index in [9.17, 15) is 4.79 Å². The van der Waals surface area contributed by atoms with E-state index in [1.54, 1.807) is 0 Å². The summed E-state index contributed by atoms with van der Waals surface area (Å²) in [5.41, 5.74) is 4.26. The number of carbonyl (C=O) groups is 1. The van der Waals surface area contributed by atoms with Crippen molar-refractivity contribution in [3.63, 3.8) is 0 Å². The molecule has 4 rings (SSSR count). The number of aldehydes is 1. The fourth-order valence-electron chi connectivity index (χ4n) is 3.30. The van der Waals surface area contributed by atoms with Gasteiger partial charge in [-0.25, -0.2) is 4.98 Å². The van der Waals surface area contributed by atoms with Gasteiger partial charge in [-0.15, -0.1) is 11.6 Å². The van der Waals surface area contributed by atoms with Gasteiger partial charge in [0.25, 0.3) is 0 Å². The van der Waals surface area contributed by atoms with Crippen LogP contribution in [0.2, 0.25) is 0 Å². The van der Waals surface area contributed by atoms with Gasteiger partial charge < -0.3 is 9.47 Å². The highest BCUT2D eigenvalue weighted by Gasteiger charge is 2.14. The lowest BCUT2D eigenvalue weighted by Gasteiger charge is -2.21. The predicted octanol–water partition coefficient (Wildman–Crippen LogP) is 4.55. The second-order valence-electron chi connectivity index (χ2n) is 6.25. The lowest BCUT2D eigenvalue weighted by atomic mass is 10.2. The summed E-state index contributed by atoms with van der Waals surface area (Å²) in [7, 11) is 0. The number of nitrogens with zero attached hydrogens (tertiary/aromatic N) is 3. The smallest absolute Gasteiger partial charge is 0.150 e. The zero-order valence-corrected chi connectivity index (χ0v) is 15.8. The number of para-hydroxylation sites is 2. The molecule has 0 fully saturated rings. The molecule has 0 radical (unpaired) electrons. The molecule has 5 heteroatoms. The van der Waals surface area contributed by atoms with E-state index >= 15 is 0 Å². The molecule has 0 bridgehead atoms. The van der Waals surface area contributed by atoms with E-state index in [1.165, 1.54) is 17.8 Å². The van der Waals surface area contributed by atoms with Crippen molar-refractivity contribution >= 4 is 34.6 Å². The van der Waals surface area contributed by atoms with E-state index in [0.717, 1.165) is 43.5 Å². The number of aromatic nitrogens is 2. The first-order valence-corrected chi connectivity index (χ1v) is 9.60. The average molecular weight is 370 g/mol. The number of anilines is 1. The first-order valence-electron chi connectivity index (χ1n) is 9.07. The standard InChI is InChI=1S/C11H14ClNO.C10H10N2/c1-2-13(8-7-12)11-5-3-10(9-14)4-6-11;1-2-5-9-8(4-1)11-10-6-3-7-12(9)10/h3-6,9H,2,7-8H2,1H3;1-2,4-5H,3,6-7H2. The summed E-state index contributed by atoms with van der Waals surface area (Å²) < 4.78 is 2.33. The third-order valence-electron chi connectivity index (χ3n) is 4.65. The SMILES string of the molecule is CCN(CCCl)c1ccc(C=O)cc1.c1ccc2c(c1)nc1n2CCC1. The maximum absolute atomic E-state index is 10.4. The van der Waals surface area contributed by atoms with Crippen LogP contribution in [0.25, 0.3) is 11.0 Å². The molecule has 0 saturated carbocycles. The Morgan fingerprint density at radius 2 is 1.96 bits per heavy atom. The molecule has 1 aliphatic heterocycles. The molecule has 0 atom stereocenters. The lowest BCUT2D eigenvalue weighted by molar-refractivity contribution is 0.112. The molecule has 1 aromatic heterocycles. The van der Waals surface area contributed by atoms with Crippen LogP contribution in [0.4, 0.5) is 5.69 Å². The van der Waals surface area contributed by atoms with E-state index in [4.69, 9.17) is 11.6 Å². The minimum Gasteiger partial charge on any atom is -0.371 e. The largest absolute Gasteiger partial charge is 0.371 e. The quantitative estimate of drug-likeness (QED) is 0.489. The zero-order valence-electron chi connectivity index (χ0n) is 15.1. The van der Waals surface area contributed by atoms with Crippen LogP contribution in [0.3, 0.4) is 0 Å². The Morgan fingerprint density at radius 3 is 2.65 bits per heavy atom. The van der Waals surface area contributed by atoms with Gasteiger partial charge in [-0.2, -0.15) is 0 Å². The van der Waals surface area contributed by atoms with Gasteiger partial charge in [-0.1, -0.05) is 12.1 Å². The van der Waals surface area contributed by atoms with Crippen LogP contribution in [-0.2, 0) is 13.0 Å². The van der Waals surface area contributed by atoms with E-state index in [1.807, 2.05) is 30.3 Å². The van der Waals surface area contributed by atoms with Gasteiger partial charge >= 0.3 is 0 Å². The maximum atomic E-state index is 10.4. The number of imidazole rings is 1. The second kappa shape index (κ2) is 8.86. The minimum atomic E-state index is 0.614. The summed E-state index contributed by atoms with van der Waals surface area (Å²) >= 11 is 5.69. The van der Waals surface area contributed by atoms with Crippen molar-refractivity contribution in [1.29, 1.82) is 0 Å². The Bertz CT molecular complexity index is 857. The molecule has 0 spiro atoms. The van der Waals surface area contributed by atoms with E-state index in [2.05, 4.69) is 39.6 Å². The van der Waals surface area contributed by atoms with Crippen molar-refractivity contribution in [3.05, 3.63) is 59.9 Å². The van der Waals surface area contributed by atoms with Gasteiger partial charge in [-0.05, 0) is 49.7 Å². The maximum Gasteiger partial charge on any atom is 0.150 e. The Kier molecular flexibility index (Phi) is 6.29. The molecule has 4 nitrogen and oxygen atoms in total. The van der Waals surface area contributed by atoms with Crippen LogP contribution in [0.15, 0.2) is 48.5 Å². The molecule has 0 unspecified atom stereocenters. The van der Waals surface area contributed by atoms with Crippen LogP contribution < -0.4 is 4.90 Å². The van der Waals surface area contributed by atoms with Crippen LogP contribution in [-0.4, -0.2) is 34.8 Å². The number of alkyl halides is 1. The fourth-order valence-corrected chi connectivity index (χ4v) is 3.50. The summed E-state index contributed by atoms with van der Waals surface area (Å²) in [6, 6.07) is 15.9. The zero-order chi connectivity index (χ0) is 18.4. The number of halogens is 1. The number of hydrogen-bond donors (Lipinski definition) is 0. The molecule has 0 saturated heterocycles. The van der Waals surface area contributed by atoms with Crippen molar-refractivity contribution in [2.75, 3.05) is 23.9 Å². The van der Waals surface area contributed by atoms with E-state index < -0.39 is 0 Å². The van der Waals surface area contributed by atoms with Gasteiger partial charge in [0.2, 0.25) is 0 Å². The molecule has 0 N–H and O–H groups in total. The second-order valence-corrected chi connectivity index (χ2v) is 6.63. The van der Waals surface area contributed by atoms with Crippen molar-refractivity contribution in [1.82, 2.24) is 9.55 Å². The summed E-state index contributed by atoms with van der Waals surface area (Å²) in [5, 5.41) is 0.